The summed E-state index contributed by atoms with van der Waals surface area (Å²) in [6.07, 6.45) is -18.8. The number of hydrogen-bond donors (Lipinski definition) is 18. The lowest BCUT2D eigenvalue weighted by Gasteiger charge is -2.46. The monoisotopic (exact) mass is 1670 g/mol. The van der Waals surface area contributed by atoms with E-state index >= 15 is 0 Å². The SMILES string of the molecule is CC[C@H](C)[C@@H]([C@@H](CC(=O)N1CCC[C@@H]1[C@H](OC)[C@@H](C)C(=O)N[C@H](C)[C@@H](O)c1ccccc1)OC)N(C)C(=O)[C@@H](NC(=O)[C@H](C(C)C)N(C)C(=O)OCc1ccc(NC(=O)[C@H](CCCNC(N)=O)NC(=O)[C@@H](NC(=O)CNC(=O)CNC(=O)CNC(=O)C2O[C@@H](O[C@@H]3C(CO)O[C@@H](O)C(NC(C)=O)C3O)C(O)[C@@H](O)[C@@H]2O)C(C)C)cc1)C(C)C. The summed E-state index contributed by atoms with van der Waals surface area (Å²) < 4.78 is 34.0. The molecule has 2 aromatic carbocycles. The second-order valence-corrected chi connectivity index (χ2v) is 31.0. The van der Waals surface area contributed by atoms with Crippen LogP contribution in [-0.4, -0.2) is 311 Å². The van der Waals surface area contributed by atoms with Gasteiger partial charge in [0, 0.05) is 54.0 Å². The van der Waals surface area contributed by atoms with Crippen LogP contribution in [0.2, 0.25) is 0 Å². The zero-order chi connectivity index (χ0) is 88.3. The summed E-state index contributed by atoms with van der Waals surface area (Å²) in [5.74, 6) is -10.5. The van der Waals surface area contributed by atoms with Gasteiger partial charge in [0.25, 0.3) is 5.91 Å². The van der Waals surface area contributed by atoms with Gasteiger partial charge in [0.05, 0.1) is 75.0 Å². The average molecular weight is 1670 g/mol. The van der Waals surface area contributed by atoms with E-state index < -0.39 is 237 Å². The maximum absolute atomic E-state index is 14.9. The van der Waals surface area contributed by atoms with Crippen LogP contribution in [0.15, 0.2) is 54.6 Å². The number of likely N-dealkylation sites (N-methyl/N-ethyl adjacent to an activating group) is 2. The number of anilines is 1. The van der Waals surface area contributed by atoms with Crippen LogP contribution in [0.25, 0.3) is 0 Å². The van der Waals surface area contributed by atoms with Gasteiger partial charge in [-0.05, 0) is 79.5 Å². The Balaban J connectivity index is 1.13. The zero-order valence-corrected chi connectivity index (χ0v) is 69.6. The fourth-order valence-corrected chi connectivity index (χ4v) is 14.4. The molecule has 662 valence electrons. The first-order valence-electron chi connectivity index (χ1n) is 39.6. The Hall–Kier alpha value is -9.33. The highest BCUT2D eigenvalue weighted by molar-refractivity contribution is 5.99. The summed E-state index contributed by atoms with van der Waals surface area (Å²) in [6, 6.07) is 6.11. The van der Waals surface area contributed by atoms with Crippen molar-refractivity contribution in [1.29, 1.82) is 0 Å². The van der Waals surface area contributed by atoms with Crippen molar-refractivity contribution in [2.45, 2.75) is 243 Å². The molecule has 3 aliphatic rings. The van der Waals surface area contributed by atoms with Gasteiger partial charge in [0.2, 0.25) is 59.1 Å². The highest BCUT2D eigenvalue weighted by Gasteiger charge is 2.53. The average Bonchev–Trinajstić information content (AvgIpc) is 0.825. The third-order valence-electron chi connectivity index (χ3n) is 21.2. The number of ether oxygens (including phenoxy) is 6. The van der Waals surface area contributed by atoms with Gasteiger partial charge in [-0.2, -0.15) is 0 Å². The molecule has 3 aliphatic heterocycles. The summed E-state index contributed by atoms with van der Waals surface area (Å²) in [4.78, 5) is 179. The van der Waals surface area contributed by atoms with Crippen molar-refractivity contribution in [2.24, 2.45) is 35.3 Å². The van der Waals surface area contributed by atoms with Crippen LogP contribution in [0.5, 0.6) is 0 Å². The predicted molar refractivity (Wildman–Crippen MR) is 421 cm³/mol. The van der Waals surface area contributed by atoms with E-state index in [4.69, 9.17) is 34.2 Å². The molecule has 40 heteroatoms. The predicted octanol–water partition coefficient (Wildman–Crippen LogP) is -3.29. The van der Waals surface area contributed by atoms with Crippen molar-refractivity contribution in [3.05, 3.63) is 65.7 Å². The number of amides is 14. The molecule has 0 saturated carbocycles. The number of benzene rings is 2. The third-order valence-corrected chi connectivity index (χ3v) is 21.2. The van der Waals surface area contributed by atoms with E-state index in [1.807, 2.05) is 19.9 Å². The number of primary amides is 1. The second kappa shape index (κ2) is 47.5. The Kier molecular flexibility index (Phi) is 39.9. The number of nitrogens with zero attached hydrogens (tertiary/aromatic N) is 3. The van der Waals surface area contributed by atoms with E-state index in [-0.39, 0.29) is 55.8 Å². The minimum atomic E-state index is -2.13. The maximum atomic E-state index is 14.9. The first kappa shape index (κ1) is 99.2. The lowest BCUT2D eigenvalue weighted by atomic mass is 9.89. The summed E-state index contributed by atoms with van der Waals surface area (Å²) in [6.45, 7) is 15.5. The van der Waals surface area contributed by atoms with Crippen molar-refractivity contribution in [3.63, 3.8) is 0 Å². The van der Waals surface area contributed by atoms with E-state index in [0.29, 0.717) is 36.9 Å². The van der Waals surface area contributed by atoms with Gasteiger partial charge in [0.15, 0.2) is 18.7 Å². The van der Waals surface area contributed by atoms with Crippen LogP contribution < -0.4 is 58.9 Å². The zero-order valence-electron chi connectivity index (χ0n) is 69.6. The Bertz CT molecular complexity index is 3660. The van der Waals surface area contributed by atoms with Crippen LogP contribution in [0, 0.1) is 29.6 Å². The largest absolute Gasteiger partial charge is 0.445 e. The Morgan fingerprint density at radius 3 is 1.86 bits per heavy atom. The van der Waals surface area contributed by atoms with Crippen molar-refractivity contribution in [3.8, 4) is 0 Å². The lowest BCUT2D eigenvalue weighted by Crippen LogP contribution is -2.67. The first-order valence-corrected chi connectivity index (χ1v) is 39.6. The van der Waals surface area contributed by atoms with Gasteiger partial charge >= 0.3 is 12.1 Å². The summed E-state index contributed by atoms with van der Waals surface area (Å²) >= 11 is 0. The minimum Gasteiger partial charge on any atom is -0.445 e. The molecular formula is C78H124N14O26. The van der Waals surface area contributed by atoms with Crippen molar-refractivity contribution in [1.82, 2.24) is 62.6 Å². The van der Waals surface area contributed by atoms with Crippen molar-refractivity contribution < 1.29 is 126 Å². The number of rotatable bonds is 43. The summed E-state index contributed by atoms with van der Waals surface area (Å²) in [5.41, 5.74) is 6.58. The highest BCUT2D eigenvalue weighted by atomic mass is 16.7. The number of methoxy groups -OCH3 is 2. The van der Waals surface area contributed by atoms with E-state index in [9.17, 15) is 98.1 Å². The van der Waals surface area contributed by atoms with E-state index in [1.165, 1.54) is 38.3 Å². The topological polar surface area (TPSA) is 575 Å². The number of hydrogen-bond acceptors (Lipinski definition) is 26. The molecule has 0 aromatic heterocycles. The number of aliphatic hydroxyl groups excluding tert-OH is 7. The van der Waals surface area contributed by atoms with Crippen LogP contribution >= 0.6 is 0 Å². The normalized spacial score (nSPS) is 23.3. The number of nitrogens with one attached hydrogen (secondary N) is 10. The highest BCUT2D eigenvalue weighted by Crippen LogP contribution is 2.33. The number of likely N-dealkylation sites (tertiary alicyclic amines) is 1. The van der Waals surface area contributed by atoms with Gasteiger partial charge in [-0.15, -0.1) is 0 Å². The molecule has 3 fully saturated rings. The molecule has 40 nitrogen and oxygen atoms in total. The van der Waals surface area contributed by atoms with Crippen molar-refractivity contribution >= 4 is 82.8 Å². The molecule has 3 saturated heterocycles. The Morgan fingerprint density at radius 2 is 1.29 bits per heavy atom. The smallest absolute Gasteiger partial charge is 0.410 e. The summed E-state index contributed by atoms with van der Waals surface area (Å²) in [5, 5.41) is 98.8. The van der Waals surface area contributed by atoms with Gasteiger partial charge in [-0.1, -0.05) is 111 Å². The van der Waals surface area contributed by atoms with Crippen LogP contribution in [-0.2, 0) is 87.8 Å². The summed E-state index contributed by atoms with van der Waals surface area (Å²) in [7, 11) is 5.97. The number of aliphatic hydroxyl groups is 7. The third kappa shape index (κ3) is 28.2. The number of carbonyl (C=O) groups excluding carboxylic acids is 13. The standard InChI is InChI=1S/C78H124N14O26/c1-16-41(8)60(50(113-14)32-55(98)92-31-21-25-49(92)66(114-15)42(9)69(104)84-43(10)61(99)46-22-18-17-19-23-46)90(12)74(109)57(39(4)5)89-72(107)59(40(6)7)91(13)78(112)115-37-45-26-28-47(29-27-45)86-70(105)48(24-20-30-80-77(79)111)87-71(106)56(38(2)3)88-54(97)35-82-52(95)33-81-53(96)34-83-73(108)68-64(102)63(101)65(103)76(118-68)117-67-51(36-93)116-75(110)58(62(67)100)85-44(11)94/h17-19,22-23,26-29,38-43,48-51,56-68,75-76,93,99-103,110H,16,20-21,24-25,30-37H2,1-15H3,(H,81,96)(H,82,95)(H,83,108)(H,84,104)(H,85,94)(H,86,105)(H,87,106)(H,88,97)(H,89,107)(H3,79,80,111)/t41-,42+,43+,48-,49+,50+,51?,56-,57-,58?,59-,60-,61+,62?,63-,64-,65?,66+,67+,68?,75+,76+/m0/s1. The quantitative estimate of drug-likeness (QED) is 0.0289. The van der Waals surface area contributed by atoms with Crippen LogP contribution in [0.1, 0.15) is 132 Å². The molecule has 0 bridgehead atoms. The number of nitrogens with two attached hydrogens (primary N) is 1. The molecule has 0 radical (unpaired) electrons. The molecule has 0 aliphatic carbocycles. The van der Waals surface area contributed by atoms with Gasteiger partial charge in [0.1, 0.15) is 73.4 Å². The van der Waals surface area contributed by atoms with Crippen LogP contribution in [0.3, 0.4) is 0 Å². The van der Waals surface area contributed by atoms with Crippen LogP contribution in [0.4, 0.5) is 15.3 Å². The second-order valence-electron chi connectivity index (χ2n) is 31.0. The van der Waals surface area contributed by atoms with Gasteiger partial charge in [-0.3, -0.25) is 57.6 Å². The van der Waals surface area contributed by atoms with Gasteiger partial charge < -0.3 is 133 Å². The molecule has 0 spiro atoms. The Labute approximate surface area is 686 Å². The maximum Gasteiger partial charge on any atom is 0.410 e. The molecule has 5 rings (SSSR count). The van der Waals surface area contributed by atoms with Gasteiger partial charge in [-0.25, -0.2) is 9.59 Å². The molecule has 118 heavy (non-hydrogen) atoms. The molecule has 14 amide bonds. The molecule has 19 N–H and O–H groups in total. The first-order chi connectivity index (χ1) is 55.6. The lowest BCUT2D eigenvalue weighted by molar-refractivity contribution is -0.339. The molecule has 3 heterocycles. The minimum absolute atomic E-state index is 0.00759. The fourth-order valence-electron chi connectivity index (χ4n) is 14.4. The molecule has 22 atom stereocenters. The molecule has 2 aromatic rings. The van der Waals surface area contributed by atoms with E-state index in [0.717, 1.165) is 11.8 Å². The number of carbonyl (C=O) groups is 13. The van der Waals surface area contributed by atoms with E-state index in [1.54, 1.807) is 104 Å². The fraction of sp³-hybridized carbons (Fsp3) is 0.679. The van der Waals surface area contributed by atoms with Crippen molar-refractivity contribution in [2.75, 3.05) is 73.0 Å². The molecule has 5 unspecified atom stereocenters. The van der Waals surface area contributed by atoms with E-state index in [2.05, 4.69) is 53.2 Å². The molecular weight excluding hydrogens is 1550 g/mol. The number of urea groups is 1. The Morgan fingerprint density at radius 1 is 0.669 bits per heavy atom.